The van der Waals surface area contributed by atoms with Gasteiger partial charge in [-0.05, 0) is 25.8 Å². The van der Waals surface area contributed by atoms with Gasteiger partial charge in [0, 0.05) is 6.04 Å². The van der Waals surface area contributed by atoms with Crippen LogP contribution in [-0.4, -0.2) is 13.1 Å². The zero-order valence-electron chi connectivity index (χ0n) is 9.19. The van der Waals surface area contributed by atoms with Crippen molar-refractivity contribution in [1.82, 2.24) is 5.32 Å². The standard InChI is InChI=1S/C11H25N/c1-5-7-10(3)9-11(12-4)8-6-2/h10-12H,5-9H2,1-4H3. The fraction of sp³-hybridized carbons (Fsp3) is 1.00. The predicted molar refractivity (Wildman–Crippen MR) is 56.4 cm³/mol. The SMILES string of the molecule is CCCC(C)CC(CCC)NC. The molecule has 0 saturated heterocycles. The topological polar surface area (TPSA) is 12.0 Å². The molecule has 0 aliphatic rings. The van der Waals surface area contributed by atoms with Crippen LogP contribution in [0.25, 0.3) is 0 Å². The van der Waals surface area contributed by atoms with Crippen molar-refractivity contribution in [3.8, 4) is 0 Å². The van der Waals surface area contributed by atoms with Gasteiger partial charge in [-0.1, -0.05) is 40.0 Å². The quantitative estimate of drug-likeness (QED) is 0.620. The molecule has 0 bridgehead atoms. The Labute approximate surface area is 77.9 Å². The van der Waals surface area contributed by atoms with Gasteiger partial charge in [-0.3, -0.25) is 0 Å². The molecule has 1 heteroatoms. The smallest absolute Gasteiger partial charge is 0.00664 e. The highest BCUT2D eigenvalue weighted by Crippen LogP contribution is 2.14. The van der Waals surface area contributed by atoms with Crippen LogP contribution in [0.15, 0.2) is 0 Å². The lowest BCUT2D eigenvalue weighted by Gasteiger charge is -2.19. The highest BCUT2D eigenvalue weighted by atomic mass is 14.9. The first-order valence-electron chi connectivity index (χ1n) is 5.41. The van der Waals surface area contributed by atoms with Gasteiger partial charge in [0.15, 0.2) is 0 Å². The molecule has 0 aromatic rings. The van der Waals surface area contributed by atoms with Crippen molar-refractivity contribution >= 4 is 0 Å². The summed E-state index contributed by atoms with van der Waals surface area (Å²) in [5.41, 5.74) is 0. The van der Waals surface area contributed by atoms with E-state index in [1.165, 1.54) is 32.1 Å². The van der Waals surface area contributed by atoms with Crippen molar-refractivity contribution in [2.75, 3.05) is 7.05 Å². The second-order valence-electron chi connectivity index (χ2n) is 3.90. The Balaban J connectivity index is 3.53. The maximum absolute atomic E-state index is 3.39. The number of nitrogens with one attached hydrogen (secondary N) is 1. The Hall–Kier alpha value is -0.0400. The summed E-state index contributed by atoms with van der Waals surface area (Å²) in [6.07, 6.45) is 6.67. The van der Waals surface area contributed by atoms with Crippen LogP contribution in [0.3, 0.4) is 0 Å². The lowest BCUT2D eigenvalue weighted by atomic mass is 9.95. The van der Waals surface area contributed by atoms with E-state index in [9.17, 15) is 0 Å². The monoisotopic (exact) mass is 171 g/mol. The minimum atomic E-state index is 0.747. The molecular formula is C11H25N. The van der Waals surface area contributed by atoms with Crippen molar-refractivity contribution in [2.45, 2.75) is 58.9 Å². The normalized spacial score (nSPS) is 16.0. The van der Waals surface area contributed by atoms with Crippen molar-refractivity contribution in [1.29, 1.82) is 0 Å². The molecule has 0 radical (unpaired) electrons. The number of hydrogen-bond acceptors (Lipinski definition) is 1. The fourth-order valence-electron chi connectivity index (χ4n) is 1.82. The van der Waals surface area contributed by atoms with E-state index in [2.05, 4.69) is 33.1 Å². The van der Waals surface area contributed by atoms with E-state index in [0.29, 0.717) is 0 Å². The molecule has 2 atom stereocenters. The summed E-state index contributed by atoms with van der Waals surface area (Å²) in [6, 6.07) is 0.747. The summed E-state index contributed by atoms with van der Waals surface area (Å²) in [6.45, 7) is 6.89. The van der Waals surface area contributed by atoms with Crippen molar-refractivity contribution < 1.29 is 0 Å². The molecule has 1 N–H and O–H groups in total. The van der Waals surface area contributed by atoms with Crippen LogP contribution in [0.1, 0.15) is 52.9 Å². The maximum Gasteiger partial charge on any atom is 0.00664 e. The van der Waals surface area contributed by atoms with Crippen LogP contribution in [0, 0.1) is 5.92 Å². The molecular weight excluding hydrogens is 146 g/mol. The molecule has 12 heavy (non-hydrogen) atoms. The van der Waals surface area contributed by atoms with Gasteiger partial charge in [-0.2, -0.15) is 0 Å². The average Bonchev–Trinajstić information content (AvgIpc) is 2.04. The summed E-state index contributed by atoms with van der Waals surface area (Å²) in [7, 11) is 2.08. The largest absolute Gasteiger partial charge is 0.317 e. The van der Waals surface area contributed by atoms with Gasteiger partial charge in [0.05, 0.1) is 0 Å². The van der Waals surface area contributed by atoms with Crippen LogP contribution in [0.2, 0.25) is 0 Å². The zero-order valence-corrected chi connectivity index (χ0v) is 9.19. The van der Waals surface area contributed by atoms with E-state index in [4.69, 9.17) is 0 Å². The first kappa shape index (κ1) is 12.0. The lowest BCUT2D eigenvalue weighted by Crippen LogP contribution is -2.26. The first-order valence-corrected chi connectivity index (χ1v) is 5.41. The molecule has 0 aliphatic carbocycles. The molecule has 2 unspecified atom stereocenters. The minimum absolute atomic E-state index is 0.747. The van der Waals surface area contributed by atoms with Gasteiger partial charge in [0.25, 0.3) is 0 Å². The van der Waals surface area contributed by atoms with Gasteiger partial charge >= 0.3 is 0 Å². The third-order valence-electron chi connectivity index (χ3n) is 2.51. The molecule has 74 valence electrons. The van der Waals surface area contributed by atoms with E-state index in [0.717, 1.165) is 12.0 Å². The summed E-state index contributed by atoms with van der Waals surface area (Å²) in [4.78, 5) is 0. The highest BCUT2D eigenvalue weighted by Gasteiger charge is 2.09. The Kier molecular flexibility index (Phi) is 7.58. The van der Waals surface area contributed by atoms with E-state index < -0.39 is 0 Å². The molecule has 0 aliphatic heterocycles. The lowest BCUT2D eigenvalue weighted by molar-refractivity contribution is 0.381. The van der Waals surface area contributed by atoms with Crippen LogP contribution in [-0.2, 0) is 0 Å². The van der Waals surface area contributed by atoms with Gasteiger partial charge in [0.1, 0.15) is 0 Å². The van der Waals surface area contributed by atoms with E-state index >= 15 is 0 Å². The molecule has 0 saturated carbocycles. The molecule has 0 aromatic carbocycles. The molecule has 0 heterocycles. The second kappa shape index (κ2) is 7.60. The van der Waals surface area contributed by atoms with Crippen LogP contribution < -0.4 is 5.32 Å². The van der Waals surface area contributed by atoms with Crippen molar-refractivity contribution in [3.63, 3.8) is 0 Å². The summed E-state index contributed by atoms with van der Waals surface area (Å²) in [5, 5.41) is 3.39. The summed E-state index contributed by atoms with van der Waals surface area (Å²) >= 11 is 0. The third kappa shape index (κ3) is 5.59. The first-order chi connectivity index (χ1) is 5.74. The maximum atomic E-state index is 3.39. The number of rotatable bonds is 7. The Bertz CT molecular complexity index is 91.0. The molecule has 0 spiro atoms. The summed E-state index contributed by atoms with van der Waals surface area (Å²) in [5.74, 6) is 0.888. The van der Waals surface area contributed by atoms with E-state index in [1.54, 1.807) is 0 Å². The molecule has 0 fully saturated rings. The zero-order chi connectivity index (χ0) is 9.40. The molecule has 0 aromatic heterocycles. The van der Waals surface area contributed by atoms with Crippen LogP contribution in [0.5, 0.6) is 0 Å². The Morgan fingerprint density at radius 2 is 1.67 bits per heavy atom. The van der Waals surface area contributed by atoms with E-state index in [-0.39, 0.29) is 0 Å². The number of hydrogen-bond donors (Lipinski definition) is 1. The van der Waals surface area contributed by atoms with Crippen molar-refractivity contribution in [2.24, 2.45) is 5.92 Å². The van der Waals surface area contributed by atoms with Crippen LogP contribution in [0.4, 0.5) is 0 Å². The highest BCUT2D eigenvalue weighted by molar-refractivity contribution is 4.67. The molecule has 1 nitrogen and oxygen atoms in total. The van der Waals surface area contributed by atoms with Crippen LogP contribution >= 0.6 is 0 Å². The predicted octanol–water partition coefficient (Wildman–Crippen LogP) is 3.20. The average molecular weight is 171 g/mol. The summed E-state index contributed by atoms with van der Waals surface area (Å²) < 4.78 is 0. The fourth-order valence-corrected chi connectivity index (χ4v) is 1.82. The van der Waals surface area contributed by atoms with Gasteiger partial charge in [-0.25, -0.2) is 0 Å². The second-order valence-corrected chi connectivity index (χ2v) is 3.90. The van der Waals surface area contributed by atoms with Gasteiger partial charge < -0.3 is 5.32 Å². The molecule has 0 amide bonds. The van der Waals surface area contributed by atoms with E-state index in [1.807, 2.05) is 0 Å². The van der Waals surface area contributed by atoms with Gasteiger partial charge in [0.2, 0.25) is 0 Å². The third-order valence-corrected chi connectivity index (χ3v) is 2.51. The Morgan fingerprint density at radius 3 is 2.08 bits per heavy atom. The molecule has 0 rings (SSSR count). The van der Waals surface area contributed by atoms with Crippen molar-refractivity contribution in [3.05, 3.63) is 0 Å². The Morgan fingerprint density at radius 1 is 1.08 bits per heavy atom. The minimum Gasteiger partial charge on any atom is -0.317 e. The van der Waals surface area contributed by atoms with Gasteiger partial charge in [-0.15, -0.1) is 0 Å².